The Bertz CT molecular complexity index is 374. The van der Waals surface area contributed by atoms with Crippen LogP contribution in [0.25, 0.3) is 0 Å². The van der Waals surface area contributed by atoms with Crippen LogP contribution >= 0.6 is 31.9 Å². The predicted octanol–water partition coefficient (Wildman–Crippen LogP) is 3.73. The maximum atomic E-state index is 11.2. The zero-order valence-electron chi connectivity index (χ0n) is 7.55. The normalized spacial score (nSPS) is 10.5. The van der Waals surface area contributed by atoms with Crippen LogP contribution in [0.3, 0.4) is 0 Å². The predicted molar refractivity (Wildman–Crippen MR) is 65.3 cm³/mol. The van der Waals surface area contributed by atoms with E-state index in [1.165, 1.54) is 6.08 Å². The van der Waals surface area contributed by atoms with Crippen molar-refractivity contribution in [3.63, 3.8) is 0 Å². The molecule has 0 atom stereocenters. The van der Waals surface area contributed by atoms with Gasteiger partial charge < -0.3 is 5.32 Å². The Kier molecular flexibility index (Phi) is 4.35. The third-order valence-corrected chi connectivity index (χ3v) is 2.66. The minimum atomic E-state index is -0.129. The maximum absolute atomic E-state index is 11.2. The summed E-state index contributed by atoms with van der Waals surface area (Å²) in [6.45, 7) is 1.80. The van der Waals surface area contributed by atoms with Crippen LogP contribution in [0.15, 0.2) is 39.3 Å². The van der Waals surface area contributed by atoms with Crippen molar-refractivity contribution in [2.24, 2.45) is 0 Å². The Labute approximate surface area is 99.6 Å². The molecule has 0 saturated carbocycles. The molecular weight excluding hydrogens is 310 g/mol. The van der Waals surface area contributed by atoms with Crippen LogP contribution in [0.4, 0.5) is 5.69 Å². The van der Waals surface area contributed by atoms with Gasteiger partial charge in [0.15, 0.2) is 0 Å². The van der Waals surface area contributed by atoms with Gasteiger partial charge in [-0.1, -0.05) is 22.0 Å². The number of benzene rings is 1. The lowest BCUT2D eigenvalue weighted by Crippen LogP contribution is -2.07. The molecule has 0 saturated heterocycles. The van der Waals surface area contributed by atoms with Crippen LogP contribution in [0.5, 0.6) is 0 Å². The van der Waals surface area contributed by atoms with Crippen LogP contribution in [0.2, 0.25) is 0 Å². The molecule has 0 spiro atoms. The van der Waals surface area contributed by atoms with E-state index in [1.54, 1.807) is 13.0 Å². The highest BCUT2D eigenvalue weighted by Gasteiger charge is 2.02. The lowest BCUT2D eigenvalue weighted by molar-refractivity contribution is -0.111. The molecule has 4 heteroatoms. The average Bonchev–Trinajstić information content (AvgIpc) is 2.10. The number of amides is 1. The van der Waals surface area contributed by atoms with Crippen molar-refractivity contribution in [3.05, 3.63) is 39.3 Å². The first-order valence-electron chi connectivity index (χ1n) is 4.02. The molecule has 1 aromatic rings. The quantitative estimate of drug-likeness (QED) is 0.827. The largest absolute Gasteiger partial charge is 0.321 e. The zero-order valence-corrected chi connectivity index (χ0v) is 10.7. The summed E-state index contributed by atoms with van der Waals surface area (Å²) in [6, 6.07) is 5.58. The van der Waals surface area contributed by atoms with E-state index < -0.39 is 0 Å². The van der Waals surface area contributed by atoms with Gasteiger partial charge in [-0.2, -0.15) is 0 Å². The molecule has 0 aliphatic rings. The first kappa shape index (κ1) is 11.5. The number of nitrogens with one attached hydrogen (secondary N) is 1. The number of carbonyl (C=O) groups excluding carboxylic acids is 1. The van der Waals surface area contributed by atoms with Crippen LogP contribution < -0.4 is 5.32 Å². The minimum Gasteiger partial charge on any atom is -0.321 e. The van der Waals surface area contributed by atoms with E-state index in [1.807, 2.05) is 18.2 Å². The Morgan fingerprint density at radius 2 is 2.14 bits per heavy atom. The minimum absolute atomic E-state index is 0.129. The fourth-order valence-electron chi connectivity index (χ4n) is 0.917. The molecule has 0 aliphatic carbocycles. The van der Waals surface area contributed by atoms with Crippen molar-refractivity contribution in [2.75, 3.05) is 5.32 Å². The molecule has 0 heterocycles. The maximum Gasteiger partial charge on any atom is 0.248 e. The zero-order chi connectivity index (χ0) is 10.6. The van der Waals surface area contributed by atoms with E-state index in [0.717, 1.165) is 14.6 Å². The van der Waals surface area contributed by atoms with Crippen molar-refractivity contribution < 1.29 is 4.79 Å². The Morgan fingerprint density at radius 3 is 2.71 bits per heavy atom. The monoisotopic (exact) mass is 317 g/mol. The summed E-state index contributed by atoms with van der Waals surface area (Å²) in [5.41, 5.74) is 0.760. The summed E-state index contributed by atoms with van der Waals surface area (Å²) in [5, 5.41) is 2.74. The van der Waals surface area contributed by atoms with E-state index >= 15 is 0 Å². The molecule has 0 bridgehead atoms. The molecule has 1 amide bonds. The lowest BCUT2D eigenvalue weighted by atomic mass is 10.3. The van der Waals surface area contributed by atoms with Crippen molar-refractivity contribution in [1.82, 2.24) is 0 Å². The fraction of sp³-hybridized carbons (Fsp3) is 0.100. The second-order valence-electron chi connectivity index (χ2n) is 2.61. The molecule has 14 heavy (non-hydrogen) atoms. The fourth-order valence-corrected chi connectivity index (χ4v) is 2.06. The smallest absolute Gasteiger partial charge is 0.248 e. The number of anilines is 1. The second-order valence-corrected chi connectivity index (χ2v) is 4.38. The Balaban J connectivity index is 2.82. The van der Waals surface area contributed by atoms with E-state index in [0.29, 0.717) is 0 Å². The first-order valence-corrected chi connectivity index (χ1v) is 5.61. The number of allylic oxidation sites excluding steroid dienone is 1. The lowest BCUT2D eigenvalue weighted by Gasteiger charge is -2.04. The molecule has 0 unspecified atom stereocenters. The van der Waals surface area contributed by atoms with Gasteiger partial charge in [-0.05, 0) is 47.1 Å². The van der Waals surface area contributed by atoms with E-state index in [2.05, 4.69) is 37.2 Å². The third-order valence-electron chi connectivity index (χ3n) is 1.51. The van der Waals surface area contributed by atoms with Gasteiger partial charge in [-0.15, -0.1) is 0 Å². The van der Waals surface area contributed by atoms with Crippen LogP contribution in [-0.2, 0) is 4.79 Å². The van der Waals surface area contributed by atoms with E-state index in [4.69, 9.17) is 0 Å². The standard InChI is InChI=1S/C10H9Br2NO/c1-2-3-10(14)13-9-5-4-7(11)6-8(9)12/h2-6H,1H3,(H,13,14)/b3-2+. The Hall–Kier alpha value is -0.610. The number of carbonyl (C=O) groups is 1. The summed E-state index contributed by atoms with van der Waals surface area (Å²) in [5.74, 6) is -0.129. The van der Waals surface area contributed by atoms with Crippen molar-refractivity contribution in [3.8, 4) is 0 Å². The van der Waals surface area contributed by atoms with Gasteiger partial charge in [0.25, 0.3) is 0 Å². The molecule has 2 nitrogen and oxygen atoms in total. The summed E-state index contributed by atoms with van der Waals surface area (Å²) < 4.78 is 1.82. The highest BCUT2D eigenvalue weighted by atomic mass is 79.9. The number of hydrogen-bond acceptors (Lipinski definition) is 1. The summed E-state index contributed by atoms with van der Waals surface area (Å²) in [4.78, 5) is 11.2. The number of halogens is 2. The van der Waals surface area contributed by atoms with Crippen LogP contribution in [0.1, 0.15) is 6.92 Å². The van der Waals surface area contributed by atoms with Crippen molar-refractivity contribution >= 4 is 43.5 Å². The molecule has 0 aliphatic heterocycles. The SMILES string of the molecule is C/C=C/C(=O)Nc1ccc(Br)cc1Br. The van der Waals surface area contributed by atoms with Gasteiger partial charge in [-0.25, -0.2) is 0 Å². The van der Waals surface area contributed by atoms with Gasteiger partial charge in [0, 0.05) is 8.95 Å². The molecule has 0 fully saturated rings. The highest BCUT2D eigenvalue weighted by molar-refractivity contribution is 9.11. The topological polar surface area (TPSA) is 29.1 Å². The number of rotatable bonds is 2. The van der Waals surface area contributed by atoms with E-state index in [-0.39, 0.29) is 5.91 Å². The van der Waals surface area contributed by atoms with Crippen molar-refractivity contribution in [1.29, 1.82) is 0 Å². The van der Waals surface area contributed by atoms with Crippen LogP contribution in [0, 0.1) is 0 Å². The molecule has 1 rings (SSSR count). The third kappa shape index (κ3) is 3.27. The number of hydrogen-bond donors (Lipinski definition) is 1. The molecule has 0 radical (unpaired) electrons. The molecule has 1 N–H and O–H groups in total. The first-order chi connectivity index (χ1) is 6.63. The van der Waals surface area contributed by atoms with Gasteiger partial charge >= 0.3 is 0 Å². The second kappa shape index (κ2) is 5.32. The summed E-state index contributed by atoms with van der Waals surface area (Å²) in [7, 11) is 0. The van der Waals surface area contributed by atoms with Gasteiger partial charge in [0.05, 0.1) is 5.69 Å². The average molecular weight is 319 g/mol. The molecule has 1 aromatic carbocycles. The molecule has 0 aromatic heterocycles. The highest BCUT2D eigenvalue weighted by Crippen LogP contribution is 2.25. The van der Waals surface area contributed by atoms with Gasteiger partial charge in [0.1, 0.15) is 0 Å². The van der Waals surface area contributed by atoms with E-state index in [9.17, 15) is 4.79 Å². The molecular formula is C10H9Br2NO. The molecule has 74 valence electrons. The van der Waals surface area contributed by atoms with Gasteiger partial charge in [0.2, 0.25) is 5.91 Å². The van der Waals surface area contributed by atoms with Crippen LogP contribution in [-0.4, -0.2) is 5.91 Å². The van der Waals surface area contributed by atoms with Gasteiger partial charge in [-0.3, -0.25) is 4.79 Å². The summed E-state index contributed by atoms with van der Waals surface area (Å²) >= 11 is 6.69. The summed E-state index contributed by atoms with van der Waals surface area (Å²) in [6.07, 6.45) is 3.18. The van der Waals surface area contributed by atoms with Crippen molar-refractivity contribution in [2.45, 2.75) is 6.92 Å². The Morgan fingerprint density at radius 1 is 1.43 bits per heavy atom.